The summed E-state index contributed by atoms with van der Waals surface area (Å²) < 4.78 is 40.1. The standard InChI is InChI=1S/C24H27F3N8O/c1-14(24(25,26)27)32-22(36)19-13-31-35-8-5-16(9-20(19)35)17-11-28-21-18(17)12-30-23(33-21)29-10-15-3-6-34(2)7-4-15/h5,8-9,11-15H,3-4,6-7,10H2,1-2H3,(H,32,36)(H2,28,29,30,33)/t14-/m1/s1. The number of piperidine rings is 1. The van der Waals surface area contributed by atoms with Crippen LogP contribution in [0, 0.1) is 5.92 Å². The van der Waals surface area contributed by atoms with E-state index >= 15 is 0 Å². The fraction of sp³-hybridized carbons (Fsp3) is 0.417. The van der Waals surface area contributed by atoms with Crippen molar-refractivity contribution in [2.45, 2.75) is 32.0 Å². The second kappa shape index (κ2) is 9.41. The van der Waals surface area contributed by atoms with Crippen LogP contribution in [0.25, 0.3) is 27.7 Å². The van der Waals surface area contributed by atoms with Gasteiger partial charge in [0, 0.05) is 36.1 Å². The number of aromatic amines is 1. The average Bonchev–Trinajstić information content (AvgIpc) is 3.46. The zero-order valence-corrected chi connectivity index (χ0v) is 19.9. The fourth-order valence-electron chi connectivity index (χ4n) is 4.41. The monoisotopic (exact) mass is 500 g/mol. The van der Waals surface area contributed by atoms with Crippen LogP contribution in [0.3, 0.4) is 0 Å². The number of aromatic nitrogens is 5. The number of hydrogen-bond donors (Lipinski definition) is 3. The Labute approximate surface area is 205 Å². The highest BCUT2D eigenvalue weighted by Crippen LogP contribution is 2.30. The number of rotatable bonds is 6. The van der Waals surface area contributed by atoms with E-state index in [2.05, 4.69) is 37.3 Å². The molecule has 0 unspecified atom stereocenters. The number of likely N-dealkylation sites (tertiary alicyclic amines) is 1. The van der Waals surface area contributed by atoms with Crippen molar-refractivity contribution in [2.24, 2.45) is 5.92 Å². The maximum absolute atomic E-state index is 12.9. The van der Waals surface area contributed by atoms with Gasteiger partial charge in [0.05, 0.1) is 17.3 Å². The molecule has 4 aromatic heterocycles. The van der Waals surface area contributed by atoms with Gasteiger partial charge in [-0.2, -0.15) is 23.3 Å². The van der Waals surface area contributed by atoms with Gasteiger partial charge >= 0.3 is 6.18 Å². The molecule has 0 bridgehead atoms. The summed E-state index contributed by atoms with van der Waals surface area (Å²) in [6, 6.07) is 1.56. The van der Waals surface area contributed by atoms with Crippen LogP contribution in [0.1, 0.15) is 30.1 Å². The molecule has 1 fully saturated rings. The van der Waals surface area contributed by atoms with E-state index < -0.39 is 18.1 Å². The van der Waals surface area contributed by atoms with Gasteiger partial charge in [-0.05, 0) is 63.5 Å². The topological polar surface area (TPSA) is 103 Å². The van der Waals surface area contributed by atoms with Gasteiger partial charge in [-0.1, -0.05) is 0 Å². The molecule has 1 atom stereocenters. The highest BCUT2D eigenvalue weighted by molar-refractivity contribution is 6.02. The van der Waals surface area contributed by atoms with Gasteiger partial charge in [0.2, 0.25) is 5.95 Å². The van der Waals surface area contributed by atoms with E-state index in [1.54, 1.807) is 24.7 Å². The molecule has 5 rings (SSSR count). The van der Waals surface area contributed by atoms with Crippen molar-refractivity contribution in [3.05, 3.63) is 42.5 Å². The molecule has 36 heavy (non-hydrogen) atoms. The molecule has 0 saturated carbocycles. The van der Waals surface area contributed by atoms with Crippen LogP contribution in [0.2, 0.25) is 0 Å². The molecule has 1 saturated heterocycles. The lowest BCUT2D eigenvalue weighted by Gasteiger charge is -2.28. The molecule has 0 radical (unpaired) electrons. The first-order valence-electron chi connectivity index (χ1n) is 11.8. The molecular formula is C24H27F3N8O. The number of pyridine rings is 1. The third-order valence-corrected chi connectivity index (χ3v) is 6.73. The number of H-pyrrole nitrogens is 1. The summed E-state index contributed by atoms with van der Waals surface area (Å²) in [6.45, 7) is 3.91. The first kappa shape index (κ1) is 24.0. The molecular weight excluding hydrogens is 473 g/mol. The van der Waals surface area contributed by atoms with E-state index in [9.17, 15) is 18.0 Å². The second-order valence-corrected chi connectivity index (χ2v) is 9.33. The van der Waals surface area contributed by atoms with Crippen molar-refractivity contribution >= 4 is 28.4 Å². The highest BCUT2D eigenvalue weighted by atomic mass is 19.4. The van der Waals surface area contributed by atoms with Crippen molar-refractivity contribution in [1.82, 2.24) is 34.8 Å². The van der Waals surface area contributed by atoms with Crippen molar-refractivity contribution in [3.63, 3.8) is 0 Å². The molecule has 1 amide bonds. The van der Waals surface area contributed by atoms with Gasteiger partial charge in [-0.3, -0.25) is 4.79 Å². The lowest BCUT2D eigenvalue weighted by Crippen LogP contribution is -2.43. The van der Waals surface area contributed by atoms with Gasteiger partial charge in [0.15, 0.2) is 0 Å². The summed E-state index contributed by atoms with van der Waals surface area (Å²) in [5.74, 6) is 0.306. The second-order valence-electron chi connectivity index (χ2n) is 9.33. The first-order chi connectivity index (χ1) is 17.2. The minimum Gasteiger partial charge on any atom is -0.354 e. The van der Waals surface area contributed by atoms with Crippen molar-refractivity contribution in [2.75, 3.05) is 32.0 Å². The minimum atomic E-state index is -4.53. The number of nitrogens with zero attached hydrogens (tertiary/aromatic N) is 5. The Balaban J connectivity index is 1.36. The molecule has 12 heteroatoms. The Morgan fingerprint density at radius 2 is 2.06 bits per heavy atom. The number of alkyl halides is 3. The van der Waals surface area contributed by atoms with Crippen molar-refractivity contribution < 1.29 is 18.0 Å². The Bertz CT molecular complexity index is 1390. The Hall–Kier alpha value is -3.67. The van der Waals surface area contributed by atoms with Gasteiger partial charge in [-0.15, -0.1) is 0 Å². The molecule has 9 nitrogen and oxygen atoms in total. The van der Waals surface area contributed by atoms with E-state index in [-0.39, 0.29) is 5.56 Å². The summed E-state index contributed by atoms with van der Waals surface area (Å²) in [4.78, 5) is 27.1. The van der Waals surface area contributed by atoms with Crippen LogP contribution >= 0.6 is 0 Å². The summed E-state index contributed by atoms with van der Waals surface area (Å²) in [5, 5.41) is 10.2. The smallest absolute Gasteiger partial charge is 0.354 e. The van der Waals surface area contributed by atoms with E-state index in [0.29, 0.717) is 23.0 Å². The van der Waals surface area contributed by atoms with Crippen LogP contribution < -0.4 is 10.6 Å². The fourth-order valence-corrected chi connectivity index (χ4v) is 4.41. The largest absolute Gasteiger partial charge is 0.408 e. The summed E-state index contributed by atoms with van der Waals surface area (Å²) in [5.41, 5.74) is 2.68. The number of carbonyl (C=O) groups is 1. The zero-order valence-electron chi connectivity index (χ0n) is 19.9. The molecule has 0 aromatic carbocycles. The zero-order chi connectivity index (χ0) is 25.4. The van der Waals surface area contributed by atoms with E-state index in [1.807, 2.05) is 11.4 Å². The van der Waals surface area contributed by atoms with Crippen LogP contribution in [0.5, 0.6) is 0 Å². The molecule has 4 aromatic rings. The number of fused-ring (bicyclic) bond motifs is 2. The number of anilines is 1. The summed E-state index contributed by atoms with van der Waals surface area (Å²) in [6.07, 6.45) is 4.21. The molecule has 1 aliphatic rings. The molecule has 3 N–H and O–H groups in total. The lowest BCUT2D eigenvalue weighted by molar-refractivity contribution is -0.149. The van der Waals surface area contributed by atoms with E-state index in [1.165, 1.54) is 10.7 Å². The van der Waals surface area contributed by atoms with Gasteiger partial charge < -0.3 is 20.5 Å². The van der Waals surface area contributed by atoms with Gasteiger partial charge in [0.1, 0.15) is 11.7 Å². The first-order valence-corrected chi connectivity index (χ1v) is 11.8. The van der Waals surface area contributed by atoms with Crippen LogP contribution in [0.4, 0.5) is 19.1 Å². The Morgan fingerprint density at radius 1 is 1.28 bits per heavy atom. The van der Waals surface area contributed by atoms with Gasteiger partial charge in [0.25, 0.3) is 5.91 Å². The number of nitrogens with one attached hydrogen (secondary N) is 3. The number of halogens is 3. The van der Waals surface area contributed by atoms with E-state index in [0.717, 1.165) is 55.9 Å². The predicted octanol–water partition coefficient (Wildman–Crippen LogP) is 3.71. The molecule has 0 aliphatic carbocycles. The molecule has 1 aliphatic heterocycles. The predicted molar refractivity (Wildman–Crippen MR) is 130 cm³/mol. The number of carbonyl (C=O) groups excluding carboxylic acids is 1. The Kier molecular flexibility index (Phi) is 6.29. The van der Waals surface area contributed by atoms with Crippen LogP contribution in [-0.4, -0.2) is 74.3 Å². The van der Waals surface area contributed by atoms with Crippen molar-refractivity contribution in [1.29, 1.82) is 0 Å². The molecule has 0 spiro atoms. The maximum atomic E-state index is 12.9. The normalized spacial score (nSPS) is 16.5. The molecule has 190 valence electrons. The van der Waals surface area contributed by atoms with Crippen LogP contribution in [-0.2, 0) is 0 Å². The highest BCUT2D eigenvalue weighted by Gasteiger charge is 2.37. The lowest BCUT2D eigenvalue weighted by atomic mass is 9.97. The Morgan fingerprint density at radius 3 is 2.81 bits per heavy atom. The third kappa shape index (κ3) is 4.85. The quantitative estimate of drug-likeness (QED) is 0.373. The molecule has 5 heterocycles. The number of amides is 1. The average molecular weight is 501 g/mol. The maximum Gasteiger partial charge on any atom is 0.408 e. The third-order valence-electron chi connectivity index (χ3n) is 6.73. The number of hydrogen-bond acceptors (Lipinski definition) is 6. The SMILES string of the molecule is C[C@@H](NC(=O)c1cnn2ccc(-c3c[nH]c4nc(NCC5CCN(C)CC5)ncc34)cc12)C(F)(F)F. The summed E-state index contributed by atoms with van der Waals surface area (Å²) >= 11 is 0. The summed E-state index contributed by atoms with van der Waals surface area (Å²) in [7, 11) is 2.14. The van der Waals surface area contributed by atoms with Gasteiger partial charge in [-0.25, -0.2) is 9.50 Å². The van der Waals surface area contributed by atoms with Crippen molar-refractivity contribution in [3.8, 4) is 11.1 Å². The minimum absolute atomic E-state index is 0.0597. The van der Waals surface area contributed by atoms with E-state index in [4.69, 9.17) is 0 Å². The van der Waals surface area contributed by atoms with Crippen LogP contribution in [0.15, 0.2) is 36.9 Å².